The van der Waals surface area contributed by atoms with E-state index in [4.69, 9.17) is 0 Å². The molecule has 1 nitrogen and oxygen atoms in total. The standard InChI is InChI=1S/C11H17NS/c1-8(2)10(4)12-7-11-6-5-9(3)13-11/h5-6,8,12H,4,7H2,1-3H3. The van der Waals surface area contributed by atoms with Crippen LogP contribution in [0.5, 0.6) is 0 Å². The summed E-state index contributed by atoms with van der Waals surface area (Å²) in [5.74, 6) is 0.515. The highest BCUT2D eigenvalue weighted by atomic mass is 32.1. The van der Waals surface area contributed by atoms with E-state index in [0.29, 0.717) is 5.92 Å². The van der Waals surface area contributed by atoms with Crippen molar-refractivity contribution < 1.29 is 0 Å². The Kier molecular flexibility index (Phi) is 3.55. The van der Waals surface area contributed by atoms with Gasteiger partial charge in [-0.05, 0) is 25.0 Å². The lowest BCUT2D eigenvalue weighted by molar-refractivity contribution is 0.659. The van der Waals surface area contributed by atoms with E-state index in [-0.39, 0.29) is 0 Å². The molecule has 0 aliphatic heterocycles. The van der Waals surface area contributed by atoms with Gasteiger partial charge in [-0.15, -0.1) is 11.3 Å². The lowest BCUT2D eigenvalue weighted by Gasteiger charge is -2.11. The van der Waals surface area contributed by atoms with Crippen LogP contribution in [0.4, 0.5) is 0 Å². The van der Waals surface area contributed by atoms with Gasteiger partial charge in [-0.3, -0.25) is 0 Å². The van der Waals surface area contributed by atoms with Crippen molar-refractivity contribution in [2.45, 2.75) is 27.3 Å². The minimum Gasteiger partial charge on any atom is -0.384 e. The van der Waals surface area contributed by atoms with Crippen LogP contribution in [0.25, 0.3) is 0 Å². The highest BCUT2D eigenvalue weighted by Crippen LogP contribution is 2.15. The van der Waals surface area contributed by atoms with E-state index < -0.39 is 0 Å². The van der Waals surface area contributed by atoms with Crippen molar-refractivity contribution in [1.82, 2.24) is 5.32 Å². The first kappa shape index (κ1) is 10.3. The Morgan fingerprint density at radius 1 is 1.54 bits per heavy atom. The number of aryl methyl sites for hydroxylation is 1. The zero-order chi connectivity index (χ0) is 9.84. The van der Waals surface area contributed by atoms with Crippen LogP contribution in [0.1, 0.15) is 23.6 Å². The molecule has 0 radical (unpaired) electrons. The number of allylic oxidation sites excluding steroid dienone is 1. The summed E-state index contributed by atoms with van der Waals surface area (Å²) in [6.07, 6.45) is 0. The van der Waals surface area contributed by atoms with Crippen molar-refractivity contribution in [2.24, 2.45) is 5.92 Å². The van der Waals surface area contributed by atoms with E-state index in [1.54, 1.807) is 0 Å². The zero-order valence-electron chi connectivity index (χ0n) is 8.55. The molecule has 0 amide bonds. The maximum absolute atomic E-state index is 3.97. The number of nitrogens with one attached hydrogen (secondary N) is 1. The molecule has 1 rings (SSSR count). The average molecular weight is 195 g/mol. The Balaban J connectivity index is 2.39. The fourth-order valence-electron chi connectivity index (χ4n) is 0.985. The third-order valence-electron chi connectivity index (χ3n) is 1.98. The van der Waals surface area contributed by atoms with Gasteiger partial charge in [0.2, 0.25) is 0 Å². The normalized spacial score (nSPS) is 10.5. The molecule has 0 aliphatic rings. The van der Waals surface area contributed by atoms with E-state index in [2.05, 4.69) is 44.8 Å². The highest BCUT2D eigenvalue weighted by molar-refractivity contribution is 7.11. The summed E-state index contributed by atoms with van der Waals surface area (Å²) in [4.78, 5) is 2.74. The van der Waals surface area contributed by atoms with E-state index in [0.717, 1.165) is 12.2 Å². The molecule has 0 fully saturated rings. The van der Waals surface area contributed by atoms with Crippen molar-refractivity contribution in [1.29, 1.82) is 0 Å². The molecule has 0 unspecified atom stereocenters. The summed E-state index contributed by atoms with van der Waals surface area (Å²) < 4.78 is 0. The summed E-state index contributed by atoms with van der Waals surface area (Å²) in [7, 11) is 0. The van der Waals surface area contributed by atoms with Crippen molar-refractivity contribution >= 4 is 11.3 Å². The van der Waals surface area contributed by atoms with Gasteiger partial charge in [0.05, 0.1) is 0 Å². The molecule has 13 heavy (non-hydrogen) atoms. The lowest BCUT2D eigenvalue weighted by atomic mass is 10.1. The summed E-state index contributed by atoms with van der Waals surface area (Å²) in [5, 5.41) is 3.33. The Morgan fingerprint density at radius 3 is 2.69 bits per heavy atom. The molecule has 0 atom stereocenters. The van der Waals surface area contributed by atoms with E-state index >= 15 is 0 Å². The van der Waals surface area contributed by atoms with E-state index in [9.17, 15) is 0 Å². The van der Waals surface area contributed by atoms with Gasteiger partial charge < -0.3 is 5.32 Å². The monoisotopic (exact) mass is 195 g/mol. The molecule has 0 bridgehead atoms. The fourth-order valence-corrected chi connectivity index (χ4v) is 1.81. The average Bonchev–Trinajstić information content (AvgIpc) is 2.47. The predicted molar refractivity (Wildman–Crippen MR) is 59.9 cm³/mol. The Labute approximate surface area is 84.5 Å². The maximum Gasteiger partial charge on any atom is 0.0491 e. The molecule has 0 aromatic carbocycles. The largest absolute Gasteiger partial charge is 0.384 e. The van der Waals surface area contributed by atoms with Crippen LogP contribution < -0.4 is 5.32 Å². The number of hydrogen-bond donors (Lipinski definition) is 1. The minimum atomic E-state index is 0.515. The molecular weight excluding hydrogens is 178 g/mol. The third-order valence-corrected chi connectivity index (χ3v) is 2.98. The van der Waals surface area contributed by atoms with Gasteiger partial charge in [0, 0.05) is 22.0 Å². The summed E-state index contributed by atoms with van der Waals surface area (Å²) in [6.45, 7) is 11.3. The van der Waals surface area contributed by atoms with Gasteiger partial charge >= 0.3 is 0 Å². The van der Waals surface area contributed by atoms with Gasteiger partial charge in [0.15, 0.2) is 0 Å². The van der Waals surface area contributed by atoms with Crippen molar-refractivity contribution in [3.8, 4) is 0 Å². The van der Waals surface area contributed by atoms with Crippen LogP contribution in [0.3, 0.4) is 0 Å². The summed E-state index contributed by atoms with van der Waals surface area (Å²) in [5.41, 5.74) is 1.12. The van der Waals surface area contributed by atoms with Crippen molar-refractivity contribution in [3.63, 3.8) is 0 Å². The lowest BCUT2D eigenvalue weighted by Crippen LogP contribution is -2.14. The zero-order valence-corrected chi connectivity index (χ0v) is 9.37. The first-order chi connectivity index (χ1) is 6.09. The quantitative estimate of drug-likeness (QED) is 0.777. The first-order valence-corrected chi connectivity index (χ1v) is 5.39. The predicted octanol–water partition coefficient (Wildman–Crippen LogP) is 3.32. The van der Waals surface area contributed by atoms with Crippen molar-refractivity contribution in [3.05, 3.63) is 34.2 Å². The van der Waals surface area contributed by atoms with Crippen LogP contribution in [-0.2, 0) is 6.54 Å². The van der Waals surface area contributed by atoms with Gasteiger partial charge in [0.1, 0.15) is 0 Å². The SMILES string of the molecule is C=C(NCc1ccc(C)s1)C(C)C. The van der Waals surface area contributed by atoms with Gasteiger partial charge in [-0.1, -0.05) is 20.4 Å². The topological polar surface area (TPSA) is 12.0 Å². The second-order valence-electron chi connectivity index (χ2n) is 3.55. The molecule has 1 heterocycles. The first-order valence-electron chi connectivity index (χ1n) is 4.57. The van der Waals surface area contributed by atoms with E-state index in [1.165, 1.54) is 9.75 Å². The second kappa shape index (κ2) is 4.47. The van der Waals surface area contributed by atoms with Crippen LogP contribution >= 0.6 is 11.3 Å². The molecule has 72 valence electrons. The highest BCUT2D eigenvalue weighted by Gasteiger charge is 2.00. The second-order valence-corrected chi connectivity index (χ2v) is 4.92. The van der Waals surface area contributed by atoms with Crippen LogP contribution in [0, 0.1) is 12.8 Å². The molecule has 0 spiro atoms. The minimum absolute atomic E-state index is 0.515. The smallest absolute Gasteiger partial charge is 0.0491 e. The number of hydrogen-bond acceptors (Lipinski definition) is 2. The van der Waals surface area contributed by atoms with Gasteiger partial charge in [-0.25, -0.2) is 0 Å². The molecule has 0 saturated carbocycles. The van der Waals surface area contributed by atoms with Gasteiger partial charge in [0.25, 0.3) is 0 Å². The number of rotatable bonds is 4. The molecule has 0 aliphatic carbocycles. The van der Waals surface area contributed by atoms with Crippen LogP contribution in [-0.4, -0.2) is 0 Å². The summed E-state index contributed by atoms with van der Waals surface area (Å²) >= 11 is 1.84. The Hall–Kier alpha value is -0.760. The van der Waals surface area contributed by atoms with Gasteiger partial charge in [-0.2, -0.15) is 0 Å². The van der Waals surface area contributed by atoms with E-state index in [1.807, 2.05) is 11.3 Å². The molecule has 1 aromatic rings. The fraction of sp³-hybridized carbons (Fsp3) is 0.455. The Bertz CT molecular complexity index is 286. The van der Waals surface area contributed by atoms with Crippen molar-refractivity contribution in [2.75, 3.05) is 0 Å². The third kappa shape index (κ3) is 3.23. The van der Waals surface area contributed by atoms with Crippen LogP contribution in [0.2, 0.25) is 0 Å². The van der Waals surface area contributed by atoms with Crippen LogP contribution in [0.15, 0.2) is 24.4 Å². The molecule has 0 saturated heterocycles. The molecular formula is C11H17NS. The molecule has 2 heteroatoms. The maximum atomic E-state index is 3.97. The Morgan fingerprint density at radius 2 is 2.23 bits per heavy atom. The summed E-state index contributed by atoms with van der Waals surface area (Å²) in [6, 6.07) is 4.32. The number of thiophene rings is 1. The molecule has 1 aromatic heterocycles. The molecule has 1 N–H and O–H groups in total.